The van der Waals surface area contributed by atoms with Crippen molar-refractivity contribution in [3.8, 4) is 0 Å². The zero-order valence-electron chi connectivity index (χ0n) is 16.5. The van der Waals surface area contributed by atoms with Crippen molar-refractivity contribution >= 4 is 45.0 Å². The standard InChI is InChI=1S/C22H24BrN3O3/c1-3-15-6-4-5-7-19(15)24-20(27)14-25(2)22(29)16-12-21(28)26(13-16)18-10-8-17(23)9-11-18/h4-11,16H,3,12-14H2,1-2H3,(H,24,27). The Morgan fingerprint density at radius 3 is 2.55 bits per heavy atom. The normalized spacial score (nSPS) is 16.0. The SMILES string of the molecule is CCc1ccccc1NC(=O)CN(C)C(=O)C1CC(=O)N(c2ccc(Br)cc2)C1. The minimum Gasteiger partial charge on any atom is -0.336 e. The van der Waals surface area contributed by atoms with Crippen LogP contribution in [0.4, 0.5) is 11.4 Å². The van der Waals surface area contributed by atoms with Gasteiger partial charge < -0.3 is 15.1 Å². The minimum atomic E-state index is -0.452. The number of likely N-dealkylation sites (N-methyl/N-ethyl adjacent to an activating group) is 1. The highest BCUT2D eigenvalue weighted by Gasteiger charge is 2.36. The van der Waals surface area contributed by atoms with E-state index in [4.69, 9.17) is 0 Å². The number of aryl methyl sites for hydroxylation is 1. The van der Waals surface area contributed by atoms with Gasteiger partial charge in [0.2, 0.25) is 17.7 Å². The number of carbonyl (C=O) groups is 3. The first-order valence-corrected chi connectivity index (χ1v) is 10.4. The van der Waals surface area contributed by atoms with Gasteiger partial charge in [-0.1, -0.05) is 41.1 Å². The molecule has 1 unspecified atom stereocenters. The molecule has 1 saturated heterocycles. The van der Waals surface area contributed by atoms with Gasteiger partial charge >= 0.3 is 0 Å². The molecule has 1 aliphatic rings. The predicted octanol–water partition coefficient (Wildman–Crippen LogP) is 3.46. The van der Waals surface area contributed by atoms with Crippen molar-refractivity contribution in [2.75, 3.05) is 30.4 Å². The zero-order chi connectivity index (χ0) is 21.0. The molecule has 1 N–H and O–H groups in total. The van der Waals surface area contributed by atoms with E-state index >= 15 is 0 Å². The van der Waals surface area contributed by atoms with Gasteiger partial charge in [-0.05, 0) is 42.3 Å². The molecule has 0 spiro atoms. The largest absolute Gasteiger partial charge is 0.336 e. The van der Waals surface area contributed by atoms with E-state index in [1.54, 1.807) is 11.9 Å². The van der Waals surface area contributed by atoms with Crippen molar-refractivity contribution in [1.82, 2.24) is 4.90 Å². The maximum atomic E-state index is 12.8. The first-order valence-electron chi connectivity index (χ1n) is 9.57. The summed E-state index contributed by atoms with van der Waals surface area (Å²) in [7, 11) is 1.60. The average molecular weight is 458 g/mol. The van der Waals surface area contributed by atoms with E-state index in [2.05, 4.69) is 21.2 Å². The summed E-state index contributed by atoms with van der Waals surface area (Å²) in [5.41, 5.74) is 2.57. The topological polar surface area (TPSA) is 69.7 Å². The second-order valence-electron chi connectivity index (χ2n) is 7.13. The maximum absolute atomic E-state index is 12.8. The minimum absolute atomic E-state index is 0.0557. The van der Waals surface area contributed by atoms with Crippen LogP contribution in [0.1, 0.15) is 18.9 Å². The third-order valence-electron chi connectivity index (χ3n) is 5.04. The van der Waals surface area contributed by atoms with Gasteiger partial charge in [0.05, 0.1) is 12.5 Å². The molecule has 3 amide bonds. The summed E-state index contributed by atoms with van der Waals surface area (Å²) >= 11 is 3.38. The molecule has 152 valence electrons. The van der Waals surface area contributed by atoms with Gasteiger partial charge in [-0.3, -0.25) is 14.4 Å². The number of hydrogen-bond acceptors (Lipinski definition) is 3. The van der Waals surface area contributed by atoms with Crippen molar-refractivity contribution in [2.45, 2.75) is 19.8 Å². The van der Waals surface area contributed by atoms with Gasteiger partial charge in [-0.2, -0.15) is 0 Å². The van der Waals surface area contributed by atoms with Gasteiger partial charge in [-0.25, -0.2) is 0 Å². The Morgan fingerprint density at radius 1 is 1.17 bits per heavy atom. The zero-order valence-corrected chi connectivity index (χ0v) is 18.1. The molecule has 0 bridgehead atoms. The van der Waals surface area contributed by atoms with Crippen LogP contribution in [0.15, 0.2) is 53.0 Å². The van der Waals surface area contributed by atoms with Crippen LogP contribution in [-0.2, 0) is 20.8 Å². The first kappa shape index (κ1) is 21.0. The fourth-order valence-corrected chi connectivity index (χ4v) is 3.75. The lowest BCUT2D eigenvalue weighted by atomic mass is 10.1. The van der Waals surface area contributed by atoms with Crippen LogP contribution in [-0.4, -0.2) is 42.8 Å². The molecule has 7 heteroatoms. The van der Waals surface area contributed by atoms with E-state index < -0.39 is 5.92 Å². The van der Waals surface area contributed by atoms with Crippen LogP contribution in [0, 0.1) is 5.92 Å². The van der Waals surface area contributed by atoms with E-state index in [-0.39, 0.29) is 30.7 Å². The smallest absolute Gasteiger partial charge is 0.243 e. The Labute approximate surface area is 179 Å². The molecule has 1 fully saturated rings. The molecule has 1 atom stereocenters. The van der Waals surface area contributed by atoms with Crippen molar-refractivity contribution in [3.05, 3.63) is 58.6 Å². The second kappa shape index (κ2) is 9.22. The highest BCUT2D eigenvalue weighted by molar-refractivity contribution is 9.10. The van der Waals surface area contributed by atoms with Crippen LogP contribution < -0.4 is 10.2 Å². The first-order chi connectivity index (χ1) is 13.9. The van der Waals surface area contributed by atoms with Gasteiger partial charge in [0, 0.05) is 35.9 Å². The molecule has 3 rings (SSSR count). The highest BCUT2D eigenvalue weighted by atomic mass is 79.9. The Bertz CT molecular complexity index is 914. The van der Waals surface area contributed by atoms with E-state index in [9.17, 15) is 14.4 Å². The lowest BCUT2D eigenvalue weighted by Crippen LogP contribution is -2.39. The lowest BCUT2D eigenvalue weighted by molar-refractivity contribution is -0.137. The fraction of sp³-hybridized carbons (Fsp3) is 0.318. The van der Waals surface area contributed by atoms with Gasteiger partial charge in [-0.15, -0.1) is 0 Å². The summed E-state index contributed by atoms with van der Waals surface area (Å²) in [6.45, 7) is 2.29. The number of nitrogens with one attached hydrogen (secondary N) is 1. The van der Waals surface area contributed by atoms with Crippen LogP contribution in [0.5, 0.6) is 0 Å². The van der Waals surface area contributed by atoms with Gasteiger partial charge in [0.15, 0.2) is 0 Å². The van der Waals surface area contributed by atoms with E-state index in [0.29, 0.717) is 6.54 Å². The Hall–Kier alpha value is -2.67. The Morgan fingerprint density at radius 2 is 1.86 bits per heavy atom. The summed E-state index contributed by atoms with van der Waals surface area (Å²) in [6, 6.07) is 15.0. The summed E-state index contributed by atoms with van der Waals surface area (Å²) in [5.74, 6) is -0.986. The number of nitrogens with zero attached hydrogens (tertiary/aromatic N) is 2. The van der Waals surface area contributed by atoms with Crippen molar-refractivity contribution < 1.29 is 14.4 Å². The van der Waals surface area contributed by atoms with Crippen molar-refractivity contribution in [3.63, 3.8) is 0 Å². The number of rotatable bonds is 6. The van der Waals surface area contributed by atoms with Crippen molar-refractivity contribution in [2.24, 2.45) is 5.92 Å². The Balaban J connectivity index is 1.59. The molecule has 6 nitrogen and oxygen atoms in total. The van der Waals surface area contributed by atoms with Crippen LogP contribution in [0.2, 0.25) is 0 Å². The third-order valence-corrected chi connectivity index (χ3v) is 5.57. The van der Waals surface area contributed by atoms with Crippen LogP contribution >= 0.6 is 15.9 Å². The molecule has 29 heavy (non-hydrogen) atoms. The Kier molecular flexibility index (Phi) is 6.69. The van der Waals surface area contributed by atoms with E-state index in [1.807, 2.05) is 55.5 Å². The molecule has 1 aliphatic heterocycles. The molecular weight excluding hydrogens is 434 g/mol. The maximum Gasteiger partial charge on any atom is 0.243 e. The summed E-state index contributed by atoms with van der Waals surface area (Å²) in [6.07, 6.45) is 0.959. The van der Waals surface area contributed by atoms with E-state index in [0.717, 1.165) is 27.8 Å². The molecular formula is C22H24BrN3O3. The molecule has 1 heterocycles. The number of amides is 3. The number of halogens is 1. The highest BCUT2D eigenvalue weighted by Crippen LogP contribution is 2.27. The number of benzene rings is 2. The lowest BCUT2D eigenvalue weighted by Gasteiger charge is -2.21. The quantitative estimate of drug-likeness (QED) is 0.721. The predicted molar refractivity (Wildman–Crippen MR) is 117 cm³/mol. The van der Waals surface area contributed by atoms with Gasteiger partial charge in [0.25, 0.3) is 0 Å². The van der Waals surface area contributed by atoms with Crippen LogP contribution in [0.25, 0.3) is 0 Å². The number of hydrogen-bond donors (Lipinski definition) is 1. The summed E-state index contributed by atoms with van der Waals surface area (Å²) in [5, 5.41) is 2.87. The number of anilines is 2. The fourth-order valence-electron chi connectivity index (χ4n) is 3.49. The van der Waals surface area contributed by atoms with Gasteiger partial charge in [0.1, 0.15) is 0 Å². The second-order valence-corrected chi connectivity index (χ2v) is 8.05. The number of carbonyl (C=O) groups excluding carboxylic acids is 3. The van der Waals surface area contributed by atoms with E-state index in [1.165, 1.54) is 4.90 Å². The molecule has 2 aromatic rings. The molecule has 0 aromatic heterocycles. The monoisotopic (exact) mass is 457 g/mol. The molecule has 0 radical (unpaired) electrons. The third kappa shape index (κ3) is 5.03. The van der Waals surface area contributed by atoms with Crippen LogP contribution in [0.3, 0.4) is 0 Å². The number of para-hydroxylation sites is 1. The molecule has 2 aromatic carbocycles. The molecule has 0 saturated carbocycles. The molecule has 0 aliphatic carbocycles. The average Bonchev–Trinajstić information content (AvgIpc) is 3.09. The summed E-state index contributed by atoms with van der Waals surface area (Å²) in [4.78, 5) is 40.6. The van der Waals surface area contributed by atoms with Crippen molar-refractivity contribution in [1.29, 1.82) is 0 Å². The summed E-state index contributed by atoms with van der Waals surface area (Å²) < 4.78 is 0.927.